The van der Waals surface area contributed by atoms with Crippen LogP contribution in [0.15, 0.2) is 46.3 Å². The number of fused-ring (bicyclic) bond motifs is 1. The average Bonchev–Trinajstić information content (AvgIpc) is 3.31. The normalized spacial score (nSPS) is 18.8. The zero-order valence-corrected chi connectivity index (χ0v) is 17.7. The monoisotopic (exact) mass is 504 g/mol. The molecule has 1 aliphatic rings. The number of amides is 1. The van der Waals surface area contributed by atoms with E-state index in [2.05, 4.69) is 31.7 Å². The molecule has 4 rings (SSSR count). The van der Waals surface area contributed by atoms with Gasteiger partial charge in [0.25, 0.3) is 5.91 Å². The number of rotatable bonds is 3. The first-order chi connectivity index (χ1) is 13.7. The van der Waals surface area contributed by atoms with Crippen molar-refractivity contribution in [1.82, 2.24) is 9.78 Å². The largest absolute Gasteiger partial charge is 0.410 e. The van der Waals surface area contributed by atoms with Gasteiger partial charge in [0.1, 0.15) is 5.82 Å². The summed E-state index contributed by atoms with van der Waals surface area (Å²) in [5.74, 6) is -0.505. The number of anilines is 2. The molecule has 1 aliphatic heterocycles. The fourth-order valence-corrected chi connectivity index (χ4v) is 4.61. The van der Waals surface area contributed by atoms with Crippen LogP contribution in [0.4, 0.5) is 24.7 Å². The topological polar surface area (TPSA) is 59.0 Å². The number of carbonyl (C=O) groups is 1. The predicted octanol–water partition coefficient (Wildman–Crippen LogP) is 6.27. The van der Waals surface area contributed by atoms with Crippen molar-refractivity contribution in [3.8, 4) is 0 Å². The summed E-state index contributed by atoms with van der Waals surface area (Å²) in [5, 5.41) is 12.0. The number of benzene rings is 1. The van der Waals surface area contributed by atoms with E-state index in [4.69, 9.17) is 11.6 Å². The Morgan fingerprint density at radius 3 is 2.66 bits per heavy atom. The molecule has 0 unspecified atom stereocenters. The number of hydrogen-bond donors (Lipinski definition) is 2. The molecular formula is C18H13BrClF3N4OS. The van der Waals surface area contributed by atoms with Gasteiger partial charge in [0, 0.05) is 22.0 Å². The Morgan fingerprint density at radius 2 is 2.03 bits per heavy atom. The van der Waals surface area contributed by atoms with E-state index in [0.29, 0.717) is 10.7 Å². The SMILES string of the molecule is O=C(Nc1ccc(Cl)cc1)c1nn2c(c1Br)N[C@@H](c1cccs1)C[C@@H]2C(F)(F)F. The number of aromatic nitrogens is 2. The van der Waals surface area contributed by atoms with Crippen molar-refractivity contribution >= 4 is 56.3 Å². The van der Waals surface area contributed by atoms with Crippen molar-refractivity contribution in [2.75, 3.05) is 10.6 Å². The predicted molar refractivity (Wildman–Crippen MR) is 110 cm³/mol. The quantitative estimate of drug-likeness (QED) is 0.441. The van der Waals surface area contributed by atoms with E-state index in [1.807, 2.05) is 5.38 Å². The van der Waals surface area contributed by atoms with E-state index in [-0.39, 0.29) is 22.4 Å². The molecule has 2 aromatic heterocycles. The first kappa shape index (κ1) is 20.2. The highest BCUT2D eigenvalue weighted by Crippen LogP contribution is 2.46. The van der Waals surface area contributed by atoms with Gasteiger partial charge in [0.05, 0.1) is 10.5 Å². The van der Waals surface area contributed by atoms with Gasteiger partial charge in [0.15, 0.2) is 11.7 Å². The number of thiophene rings is 1. The van der Waals surface area contributed by atoms with Gasteiger partial charge in [-0.3, -0.25) is 4.79 Å². The van der Waals surface area contributed by atoms with Gasteiger partial charge in [-0.1, -0.05) is 17.7 Å². The molecule has 3 heterocycles. The third-order valence-electron chi connectivity index (χ3n) is 4.50. The summed E-state index contributed by atoms with van der Waals surface area (Å²) in [7, 11) is 0. The minimum atomic E-state index is -4.51. The molecule has 152 valence electrons. The molecule has 3 aromatic rings. The molecule has 29 heavy (non-hydrogen) atoms. The Morgan fingerprint density at radius 1 is 1.31 bits per heavy atom. The second-order valence-electron chi connectivity index (χ2n) is 6.42. The Kier molecular flexibility index (Phi) is 5.34. The lowest BCUT2D eigenvalue weighted by atomic mass is 10.0. The van der Waals surface area contributed by atoms with Crippen LogP contribution in [0.1, 0.15) is 33.9 Å². The van der Waals surface area contributed by atoms with E-state index in [9.17, 15) is 18.0 Å². The van der Waals surface area contributed by atoms with E-state index >= 15 is 0 Å². The van der Waals surface area contributed by atoms with Gasteiger partial charge < -0.3 is 10.6 Å². The number of halogens is 5. The van der Waals surface area contributed by atoms with Crippen LogP contribution in [-0.4, -0.2) is 21.9 Å². The lowest BCUT2D eigenvalue weighted by Gasteiger charge is -2.33. The van der Waals surface area contributed by atoms with E-state index in [1.54, 1.807) is 36.4 Å². The highest BCUT2D eigenvalue weighted by Gasteiger charge is 2.48. The highest BCUT2D eigenvalue weighted by molar-refractivity contribution is 9.10. The molecule has 1 aromatic carbocycles. The third kappa shape index (κ3) is 4.01. The van der Waals surface area contributed by atoms with Gasteiger partial charge in [-0.05, 0) is 51.6 Å². The van der Waals surface area contributed by atoms with Gasteiger partial charge in [-0.15, -0.1) is 11.3 Å². The number of nitrogens with zero attached hydrogens (tertiary/aromatic N) is 2. The third-order valence-corrected chi connectivity index (χ3v) is 6.49. The second-order valence-corrected chi connectivity index (χ2v) is 8.63. The van der Waals surface area contributed by atoms with E-state index in [1.165, 1.54) is 11.3 Å². The lowest BCUT2D eigenvalue weighted by molar-refractivity contribution is -0.173. The van der Waals surface area contributed by atoms with Crippen LogP contribution in [0.5, 0.6) is 0 Å². The molecule has 0 spiro atoms. The minimum Gasteiger partial charge on any atom is -0.362 e. The molecule has 0 saturated carbocycles. The molecule has 0 saturated heterocycles. The smallest absolute Gasteiger partial charge is 0.362 e. The summed E-state index contributed by atoms with van der Waals surface area (Å²) in [6.45, 7) is 0. The summed E-state index contributed by atoms with van der Waals surface area (Å²) in [5.41, 5.74) is 0.317. The van der Waals surface area contributed by atoms with Crippen LogP contribution in [-0.2, 0) is 0 Å². The number of hydrogen-bond acceptors (Lipinski definition) is 4. The Bertz CT molecular complexity index is 1040. The second kappa shape index (κ2) is 7.66. The fraction of sp³-hybridized carbons (Fsp3) is 0.222. The van der Waals surface area contributed by atoms with Crippen molar-refractivity contribution in [2.45, 2.75) is 24.7 Å². The number of alkyl halides is 3. The summed E-state index contributed by atoms with van der Waals surface area (Å²) in [4.78, 5) is 13.4. The molecule has 2 atom stereocenters. The average molecular weight is 506 g/mol. The summed E-state index contributed by atoms with van der Waals surface area (Å²) in [6.07, 6.45) is -4.73. The van der Waals surface area contributed by atoms with Crippen molar-refractivity contribution in [2.24, 2.45) is 0 Å². The first-order valence-corrected chi connectivity index (χ1v) is 10.5. The van der Waals surface area contributed by atoms with Crippen LogP contribution in [0.3, 0.4) is 0 Å². The van der Waals surface area contributed by atoms with E-state index < -0.39 is 24.2 Å². The maximum atomic E-state index is 13.7. The zero-order valence-electron chi connectivity index (χ0n) is 14.5. The Labute approximate surface area is 181 Å². The first-order valence-electron chi connectivity index (χ1n) is 8.45. The van der Waals surface area contributed by atoms with Crippen molar-refractivity contribution in [3.63, 3.8) is 0 Å². The molecular weight excluding hydrogens is 493 g/mol. The van der Waals surface area contributed by atoms with Gasteiger partial charge >= 0.3 is 6.18 Å². The lowest BCUT2D eigenvalue weighted by Crippen LogP contribution is -2.35. The molecule has 0 radical (unpaired) electrons. The fourth-order valence-electron chi connectivity index (χ4n) is 3.13. The molecule has 11 heteroatoms. The van der Waals surface area contributed by atoms with Gasteiger partial charge in [-0.25, -0.2) is 4.68 Å². The molecule has 1 amide bonds. The maximum Gasteiger partial charge on any atom is 0.410 e. The van der Waals surface area contributed by atoms with Crippen LogP contribution in [0.2, 0.25) is 5.02 Å². The summed E-state index contributed by atoms with van der Waals surface area (Å²) in [6, 6.07) is 7.56. The van der Waals surface area contributed by atoms with Gasteiger partial charge in [0.2, 0.25) is 0 Å². The number of carbonyl (C=O) groups excluding carboxylic acids is 1. The van der Waals surface area contributed by atoms with Crippen molar-refractivity contribution in [1.29, 1.82) is 0 Å². The Hall–Kier alpha value is -2.04. The number of nitrogens with one attached hydrogen (secondary N) is 2. The van der Waals surface area contributed by atoms with Crippen LogP contribution in [0.25, 0.3) is 0 Å². The maximum absolute atomic E-state index is 13.7. The molecule has 0 bridgehead atoms. The molecule has 0 fully saturated rings. The molecule has 0 aliphatic carbocycles. The standard InChI is InChI=1S/C18H13BrClF3N4OS/c19-14-15(17(28)24-10-5-3-9(20)4-6-10)26-27-13(18(21,22)23)8-11(25-16(14)27)12-2-1-7-29-12/h1-7,11,13,25H,8H2,(H,24,28)/t11-,13-/m1/s1. The van der Waals surface area contributed by atoms with Crippen molar-refractivity contribution in [3.05, 3.63) is 61.8 Å². The van der Waals surface area contributed by atoms with Crippen molar-refractivity contribution < 1.29 is 18.0 Å². The summed E-state index contributed by atoms with van der Waals surface area (Å²) >= 11 is 10.5. The van der Waals surface area contributed by atoms with E-state index in [0.717, 1.165) is 9.56 Å². The minimum absolute atomic E-state index is 0.123. The van der Waals surface area contributed by atoms with Crippen LogP contribution < -0.4 is 10.6 Å². The zero-order chi connectivity index (χ0) is 20.8. The van der Waals surface area contributed by atoms with Gasteiger partial charge in [-0.2, -0.15) is 18.3 Å². The van der Waals surface area contributed by atoms with Crippen LogP contribution >= 0.6 is 38.9 Å². The van der Waals surface area contributed by atoms with Crippen LogP contribution in [0, 0.1) is 0 Å². The highest BCUT2D eigenvalue weighted by atomic mass is 79.9. The molecule has 2 N–H and O–H groups in total. The molecule has 5 nitrogen and oxygen atoms in total. The Balaban J connectivity index is 1.69. The summed E-state index contributed by atoms with van der Waals surface area (Å²) < 4.78 is 42.3.